The SMILES string of the molecule is CC(C)n1ccnc(NC2CCN(CC(N)=O)CC2)c1=O. The van der Waals surface area contributed by atoms with E-state index in [4.69, 9.17) is 5.73 Å². The number of aromatic nitrogens is 2. The van der Waals surface area contributed by atoms with Crippen molar-refractivity contribution in [3.8, 4) is 0 Å². The zero-order valence-electron chi connectivity index (χ0n) is 12.6. The summed E-state index contributed by atoms with van der Waals surface area (Å²) in [5.74, 6) is 0.102. The summed E-state index contributed by atoms with van der Waals surface area (Å²) in [4.78, 5) is 29.3. The van der Waals surface area contributed by atoms with Crippen LogP contribution in [0.5, 0.6) is 0 Å². The van der Waals surface area contributed by atoms with E-state index in [1.54, 1.807) is 17.0 Å². The van der Waals surface area contributed by atoms with E-state index in [2.05, 4.69) is 10.3 Å². The van der Waals surface area contributed by atoms with E-state index in [0.29, 0.717) is 12.4 Å². The van der Waals surface area contributed by atoms with Gasteiger partial charge in [-0.15, -0.1) is 0 Å². The lowest BCUT2D eigenvalue weighted by Crippen LogP contribution is -2.43. The first-order valence-corrected chi connectivity index (χ1v) is 7.31. The number of piperidine rings is 1. The molecule has 1 aliphatic rings. The minimum Gasteiger partial charge on any atom is -0.369 e. The number of carbonyl (C=O) groups excluding carboxylic acids is 1. The maximum Gasteiger partial charge on any atom is 0.293 e. The lowest BCUT2D eigenvalue weighted by atomic mass is 10.1. The van der Waals surface area contributed by atoms with Gasteiger partial charge in [0.1, 0.15) is 0 Å². The highest BCUT2D eigenvalue weighted by Crippen LogP contribution is 2.13. The topological polar surface area (TPSA) is 93.2 Å². The highest BCUT2D eigenvalue weighted by atomic mass is 16.1. The Morgan fingerprint density at radius 1 is 1.48 bits per heavy atom. The van der Waals surface area contributed by atoms with Crippen LogP contribution in [0.3, 0.4) is 0 Å². The molecule has 1 fully saturated rings. The van der Waals surface area contributed by atoms with Crippen LogP contribution in [0.1, 0.15) is 32.7 Å². The molecule has 1 amide bonds. The van der Waals surface area contributed by atoms with Crippen molar-refractivity contribution in [1.82, 2.24) is 14.5 Å². The van der Waals surface area contributed by atoms with E-state index in [1.807, 2.05) is 18.7 Å². The van der Waals surface area contributed by atoms with Crippen molar-refractivity contribution in [1.29, 1.82) is 0 Å². The van der Waals surface area contributed by atoms with Crippen LogP contribution in [0.15, 0.2) is 17.2 Å². The van der Waals surface area contributed by atoms with Gasteiger partial charge in [-0.2, -0.15) is 0 Å². The average Bonchev–Trinajstić information content (AvgIpc) is 2.42. The summed E-state index contributed by atoms with van der Waals surface area (Å²) in [5.41, 5.74) is 5.11. The molecule has 0 bridgehead atoms. The number of likely N-dealkylation sites (tertiary alicyclic amines) is 1. The second-order valence-electron chi connectivity index (χ2n) is 5.74. The molecule has 1 saturated heterocycles. The molecule has 0 atom stereocenters. The van der Waals surface area contributed by atoms with Crippen molar-refractivity contribution in [2.45, 2.75) is 38.8 Å². The number of hydrogen-bond donors (Lipinski definition) is 2. The number of nitrogens with two attached hydrogens (primary N) is 1. The molecule has 0 radical (unpaired) electrons. The largest absolute Gasteiger partial charge is 0.369 e. The van der Waals surface area contributed by atoms with Crippen molar-refractivity contribution >= 4 is 11.7 Å². The van der Waals surface area contributed by atoms with E-state index >= 15 is 0 Å². The Bertz CT molecular complexity index is 547. The molecule has 2 rings (SSSR count). The molecule has 21 heavy (non-hydrogen) atoms. The molecule has 7 heteroatoms. The maximum absolute atomic E-state index is 12.3. The Morgan fingerprint density at radius 3 is 2.71 bits per heavy atom. The molecular weight excluding hydrogens is 270 g/mol. The number of nitrogens with one attached hydrogen (secondary N) is 1. The maximum atomic E-state index is 12.3. The zero-order chi connectivity index (χ0) is 15.4. The summed E-state index contributed by atoms with van der Waals surface area (Å²) in [6.07, 6.45) is 5.08. The van der Waals surface area contributed by atoms with Gasteiger partial charge >= 0.3 is 0 Å². The van der Waals surface area contributed by atoms with Gasteiger partial charge in [-0.25, -0.2) is 4.98 Å². The molecule has 7 nitrogen and oxygen atoms in total. The Morgan fingerprint density at radius 2 is 2.14 bits per heavy atom. The van der Waals surface area contributed by atoms with Crippen LogP contribution in [0.25, 0.3) is 0 Å². The van der Waals surface area contributed by atoms with E-state index in [9.17, 15) is 9.59 Å². The first kappa shape index (κ1) is 15.5. The molecule has 116 valence electrons. The average molecular weight is 293 g/mol. The van der Waals surface area contributed by atoms with Crippen LogP contribution in [-0.2, 0) is 4.79 Å². The minimum absolute atomic E-state index is 0.0907. The third-order valence-electron chi connectivity index (χ3n) is 3.73. The molecule has 2 heterocycles. The number of rotatable bonds is 5. The third kappa shape index (κ3) is 4.04. The number of hydrogen-bond acceptors (Lipinski definition) is 5. The highest BCUT2D eigenvalue weighted by molar-refractivity contribution is 5.75. The molecule has 0 unspecified atom stereocenters. The number of nitrogens with zero attached hydrogens (tertiary/aromatic N) is 3. The van der Waals surface area contributed by atoms with Gasteiger partial charge in [0.15, 0.2) is 5.82 Å². The molecule has 0 aromatic carbocycles. The first-order valence-electron chi connectivity index (χ1n) is 7.31. The van der Waals surface area contributed by atoms with E-state index < -0.39 is 0 Å². The molecule has 1 aromatic rings. The van der Waals surface area contributed by atoms with Crippen molar-refractivity contribution in [2.75, 3.05) is 25.0 Å². The molecule has 0 saturated carbocycles. The van der Waals surface area contributed by atoms with Gasteiger partial charge in [0.05, 0.1) is 6.54 Å². The second kappa shape index (κ2) is 6.71. The molecule has 1 aliphatic heterocycles. The summed E-state index contributed by atoms with van der Waals surface area (Å²) in [5, 5.41) is 3.23. The zero-order valence-corrected chi connectivity index (χ0v) is 12.6. The smallest absolute Gasteiger partial charge is 0.293 e. The minimum atomic E-state index is -0.300. The van der Waals surface area contributed by atoms with Crippen LogP contribution in [0.2, 0.25) is 0 Å². The Hall–Kier alpha value is -1.89. The molecular formula is C14H23N5O2. The first-order chi connectivity index (χ1) is 9.97. The van der Waals surface area contributed by atoms with Gasteiger partial charge in [0.2, 0.25) is 5.91 Å². The van der Waals surface area contributed by atoms with Crippen LogP contribution >= 0.6 is 0 Å². The number of anilines is 1. The normalized spacial score (nSPS) is 17.1. The van der Waals surface area contributed by atoms with E-state index in [0.717, 1.165) is 25.9 Å². The van der Waals surface area contributed by atoms with Crippen molar-refractivity contribution in [3.05, 3.63) is 22.7 Å². The Balaban J connectivity index is 1.96. The quantitative estimate of drug-likeness (QED) is 0.808. The van der Waals surface area contributed by atoms with E-state index in [-0.39, 0.29) is 23.6 Å². The molecule has 3 N–H and O–H groups in total. The van der Waals surface area contributed by atoms with Crippen LogP contribution in [0, 0.1) is 0 Å². The fraction of sp³-hybridized carbons (Fsp3) is 0.643. The van der Waals surface area contributed by atoms with E-state index in [1.165, 1.54) is 0 Å². The van der Waals surface area contributed by atoms with Crippen molar-refractivity contribution in [3.63, 3.8) is 0 Å². The molecule has 1 aromatic heterocycles. The lowest BCUT2D eigenvalue weighted by Gasteiger charge is -2.31. The van der Waals surface area contributed by atoms with Gasteiger partial charge in [0, 0.05) is 37.6 Å². The summed E-state index contributed by atoms with van der Waals surface area (Å²) in [7, 11) is 0. The van der Waals surface area contributed by atoms with Crippen LogP contribution in [0.4, 0.5) is 5.82 Å². The lowest BCUT2D eigenvalue weighted by molar-refractivity contribution is -0.119. The molecule has 0 spiro atoms. The van der Waals surface area contributed by atoms with Gasteiger partial charge in [-0.1, -0.05) is 0 Å². The summed E-state index contributed by atoms with van der Waals surface area (Å²) in [6.45, 7) is 5.83. The summed E-state index contributed by atoms with van der Waals surface area (Å²) < 4.78 is 1.66. The number of carbonyl (C=O) groups is 1. The third-order valence-corrected chi connectivity index (χ3v) is 3.73. The fourth-order valence-corrected chi connectivity index (χ4v) is 2.58. The predicted octanol–water partition coefficient (Wildman–Crippen LogP) is 0.186. The number of amides is 1. The van der Waals surface area contributed by atoms with Gasteiger partial charge in [0.25, 0.3) is 5.56 Å². The summed E-state index contributed by atoms with van der Waals surface area (Å²) in [6, 6.07) is 0.316. The Labute approximate surface area is 124 Å². The van der Waals surface area contributed by atoms with Gasteiger partial charge in [-0.3, -0.25) is 14.5 Å². The van der Waals surface area contributed by atoms with Gasteiger partial charge in [-0.05, 0) is 26.7 Å². The highest BCUT2D eigenvalue weighted by Gasteiger charge is 2.21. The fourth-order valence-electron chi connectivity index (χ4n) is 2.58. The van der Waals surface area contributed by atoms with Gasteiger partial charge < -0.3 is 15.6 Å². The second-order valence-corrected chi connectivity index (χ2v) is 5.74. The van der Waals surface area contributed by atoms with Crippen molar-refractivity contribution < 1.29 is 4.79 Å². The summed E-state index contributed by atoms with van der Waals surface area (Å²) >= 11 is 0. The number of primary amides is 1. The van der Waals surface area contributed by atoms with Crippen LogP contribution < -0.4 is 16.6 Å². The van der Waals surface area contributed by atoms with Crippen LogP contribution in [-0.4, -0.2) is 46.0 Å². The standard InChI is InChI=1S/C14H23N5O2/c1-10(2)19-8-5-16-13(14(19)21)17-11-3-6-18(7-4-11)9-12(15)20/h5,8,10-11H,3-4,6-7,9H2,1-2H3,(H2,15,20)(H,16,17). The monoisotopic (exact) mass is 293 g/mol. The Kier molecular flexibility index (Phi) is 4.95. The van der Waals surface area contributed by atoms with Crippen molar-refractivity contribution in [2.24, 2.45) is 5.73 Å². The molecule has 0 aliphatic carbocycles. The predicted molar refractivity (Wildman–Crippen MR) is 81.2 cm³/mol.